The minimum absolute atomic E-state index is 0.266. The van der Waals surface area contributed by atoms with Crippen molar-refractivity contribution >= 4 is 5.97 Å². The fourth-order valence-electron chi connectivity index (χ4n) is 1.05. The molecule has 0 spiro atoms. The summed E-state index contributed by atoms with van der Waals surface area (Å²) in [5.41, 5.74) is -1.93. The normalized spacial score (nSPS) is 11.5. The maximum absolute atomic E-state index is 13.2. The summed E-state index contributed by atoms with van der Waals surface area (Å²) in [5, 5.41) is 0. The summed E-state index contributed by atoms with van der Waals surface area (Å²) < 4.78 is 56.2. The SMILES string of the molecule is CC(C)(C)OC(=O)c1cc(F)c(F)c(F)c1F. The van der Waals surface area contributed by atoms with Crippen molar-refractivity contribution in [1.29, 1.82) is 0 Å². The van der Waals surface area contributed by atoms with Crippen molar-refractivity contribution in [3.05, 3.63) is 34.9 Å². The highest BCUT2D eigenvalue weighted by Crippen LogP contribution is 2.21. The van der Waals surface area contributed by atoms with Crippen LogP contribution in [-0.2, 0) is 4.74 Å². The Morgan fingerprint density at radius 1 is 1.06 bits per heavy atom. The molecule has 0 bridgehead atoms. The predicted octanol–water partition coefficient (Wildman–Crippen LogP) is 3.20. The lowest BCUT2D eigenvalue weighted by molar-refractivity contribution is 0.00627. The van der Waals surface area contributed by atoms with E-state index in [0.29, 0.717) is 0 Å². The molecule has 0 N–H and O–H groups in total. The van der Waals surface area contributed by atoms with Crippen LogP contribution in [0, 0.1) is 23.3 Å². The fraction of sp³-hybridized carbons (Fsp3) is 0.364. The van der Waals surface area contributed by atoms with Crippen LogP contribution in [0.1, 0.15) is 31.1 Å². The summed E-state index contributed by atoms with van der Waals surface area (Å²) in [7, 11) is 0. The van der Waals surface area contributed by atoms with Crippen LogP contribution in [0.15, 0.2) is 6.07 Å². The third kappa shape index (κ3) is 2.95. The molecule has 0 atom stereocenters. The van der Waals surface area contributed by atoms with Gasteiger partial charge in [-0.3, -0.25) is 0 Å². The number of ether oxygens (including phenoxy) is 1. The summed E-state index contributed by atoms with van der Waals surface area (Å²) >= 11 is 0. The van der Waals surface area contributed by atoms with Crippen molar-refractivity contribution in [1.82, 2.24) is 0 Å². The molecule has 2 nitrogen and oxygen atoms in total. The van der Waals surface area contributed by atoms with Crippen molar-refractivity contribution in [3.8, 4) is 0 Å². The van der Waals surface area contributed by atoms with Gasteiger partial charge in [0.25, 0.3) is 0 Å². The van der Waals surface area contributed by atoms with Crippen LogP contribution in [0.3, 0.4) is 0 Å². The van der Waals surface area contributed by atoms with Gasteiger partial charge in [-0.05, 0) is 26.8 Å². The van der Waals surface area contributed by atoms with Gasteiger partial charge in [0.1, 0.15) is 11.2 Å². The van der Waals surface area contributed by atoms with E-state index in [1.807, 2.05) is 0 Å². The number of esters is 1. The Balaban J connectivity index is 3.20. The Labute approximate surface area is 95.2 Å². The highest BCUT2D eigenvalue weighted by Gasteiger charge is 2.26. The predicted molar refractivity (Wildman–Crippen MR) is 51.4 cm³/mol. The van der Waals surface area contributed by atoms with E-state index in [0.717, 1.165) is 0 Å². The molecule has 0 saturated carbocycles. The molecule has 0 fully saturated rings. The first-order chi connectivity index (χ1) is 7.63. The number of rotatable bonds is 1. The second kappa shape index (κ2) is 4.35. The van der Waals surface area contributed by atoms with Crippen LogP contribution in [0.5, 0.6) is 0 Å². The molecule has 0 aromatic heterocycles. The second-order valence-corrected chi connectivity index (χ2v) is 4.35. The molecular formula is C11H10F4O2. The van der Waals surface area contributed by atoms with Gasteiger partial charge in [-0.15, -0.1) is 0 Å². The lowest BCUT2D eigenvalue weighted by Gasteiger charge is -2.19. The van der Waals surface area contributed by atoms with Crippen molar-refractivity contribution in [3.63, 3.8) is 0 Å². The summed E-state index contributed by atoms with van der Waals surface area (Å²) in [6, 6.07) is 0.266. The Kier molecular flexibility index (Phi) is 3.45. The number of benzene rings is 1. The van der Waals surface area contributed by atoms with Gasteiger partial charge >= 0.3 is 5.97 Å². The molecule has 0 aliphatic heterocycles. The van der Waals surface area contributed by atoms with E-state index >= 15 is 0 Å². The van der Waals surface area contributed by atoms with Gasteiger partial charge in [0.2, 0.25) is 0 Å². The Bertz CT molecular complexity index is 464. The number of hydrogen-bond donors (Lipinski definition) is 0. The zero-order valence-corrected chi connectivity index (χ0v) is 9.41. The van der Waals surface area contributed by atoms with Gasteiger partial charge in [-0.2, -0.15) is 0 Å². The minimum Gasteiger partial charge on any atom is -0.456 e. The molecule has 0 heterocycles. The first kappa shape index (κ1) is 13.5. The standard InChI is InChI=1S/C11H10F4O2/c1-11(2,3)17-10(16)5-4-6(12)8(14)9(15)7(5)13/h4H,1-3H3. The third-order valence-corrected chi connectivity index (χ3v) is 1.72. The molecule has 1 aromatic carbocycles. The average Bonchev–Trinajstić information content (AvgIpc) is 2.17. The topological polar surface area (TPSA) is 26.3 Å². The Morgan fingerprint density at radius 3 is 2.06 bits per heavy atom. The van der Waals surface area contributed by atoms with E-state index in [1.165, 1.54) is 20.8 Å². The molecule has 1 rings (SSSR count). The van der Waals surface area contributed by atoms with Gasteiger partial charge in [0.15, 0.2) is 23.3 Å². The average molecular weight is 250 g/mol. The summed E-state index contributed by atoms with van der Waals surface area (Å²) in [6.07, 6.45) is 0. The lowest BCUT2D eigenvalue weighted by Crippen LogP contribution is -2.25. The van der Waals surface area contributed by atoms with Crippen LogP contribution < -0.4 is 0 Å². The highest BCUT2D eigenvalue weighted by atomic mass is 19.2. The van der Waals surface area contributed by atoms with Crippen molar-refractivity contribution < 1.29 is 27.1 Å². The van der Waals surface area contributed by atoms with Gasteiger partial charge in [0, 0.05) is 0 Å². The van der Waals surface area contributed by atoms with E-state index in [4.69, 9.17) is 4.74 Å². The van der Waals surface area contributed by atoms with Gasteiger partial charge < -0.3 is 4.74 Å². The Morgan fingerprint density at radius 2 is 1.59 bits per heavy atom. The zero-order chi connectivity index (χ0) is 13.4. The third-order valence-electron chi connectivity index (χ3n) is 1.72. The van der Waals surface area contributed by atoms with Gasteiger partial charge in [-0.25, -0.2) is 22.4 Å². The molecule has 0 aliphatic carbocycles. The number of halogens is 4. The summed E-state index contributed by atoms with van der Waals surface area (Å²) in [4.78, 5) is 11.4. The monoisotopic (exact) mass is 250 g/mol. The smallest absolute Gasteiger partial charge is 0.341 e. The fourth-order valence-corrected chi connectivity index (χ4v) is 1.05. The zero-order valence-electron chi connectivity index (χ0n) is 9.41. The number of hydrogen-bond acceptors (Lipinski definition) is 2. The molecule has 0 unspecified atom stereocenters. The van der Waals surface area contributed by atoms with E-state index in [1.54, 1.807) is 0 Å². The van der Waals surface area contributed by atoms with Crippen molar-refractivity contribution in [2.75, 3.05) is 0 Å². The maximum Gasteiger partial charge on any atom is 0.341 e. The molecule has 6 heteroatoms. The molecule has 94 valence electrons. The van der Waals surface area contributed by atoms with E-state index < -0.39 is 40.4 Å². The molecule has 0 radical (unpaired) electrons. The van der Waals surface area contributed by atoms with E-state index in [2.05, 4.69) is 0 Å². The largest absolute Gasteiger partial charge is 0.456 e. The van der Waals surface area contributed by atoms with Crippen LogP contribution in [0.25, 0.3) is 0 Å². The number of carbonyl (C=O) groups excluding carboxylic acids is 1. The summed E-state index contributed by atoms with van der Waals surface area (Å²) in [5.74, 6) is -8.67. The van der Waals surface area contributed by atoms with Crippen molar-refractivity contribution in [2.45, 2.75) is 26.4 Å². The maximum atomic E-state index is 13.2. The molecule has 0 saturated heterocycles. The number of carbonyl (C=O) groups is 1. The molecule has 17 heavy (non-hydrogen) atoms. The van der Waals surface area contributed by atoms with Gasteiger partial charge in [0.05, 0.1) is 0 Å². The summed E-state index contributed by atoms with van der Waals surface area (Å²) in [6.45, 7) is 4.50. The molecule has 0 aliphatic rings. The van der Waals surface area contributed by atoms with E-state index in [-0.39, 0.29) is 6.07 Å². The van der Waals surface area contributed by atoms with E-state index in [9.17, 15) is 22.4 Å². The first-order valence-electron chi connectivity index (χ1n) is 4.70. The molecular weight excluding hydrogens is 240 g/mol. The van der Waals surface area contributed by atoms with Crippen LogP contribution >= 0.6 is 0 Å². The van der Waals surface area contributed by atoms with Crippen LogP contribution in [0.4, 0.5) is 17.6 Å². The Hall–Kier alpha value is -1.59. The quantitative estimate of drug-likeness (QED) is 0.331. The first-order valence-corrected chi connectivity index (χ1v) is 4.70. The highest BCUT2D eigenvalue weighted by molar-refractivity contribution is 5.90. The van der Waals surface area contributed by atoms with Crippen molar-refractivity contribution in [2.24, 2.45) is 0 Å². The lowest BCUT2D eigenvalue weighted by atomic mass is 10.1. The van der Waals surface area contributed by atoms with Gasteiger partial charge in [-0.1, -0.05) is 0 Å². The molecule has 0 amide bonds. The van der Waals surface area contributed by atoms with Crippen LogP contribution in [0.2, 0.25) is 0 Å². The molecule has 1 aromatic rings. The second-order valence-electron chi connectivity index (χ2n) is 4.35. The van der Waals surface area contributed by atoms with Crippen LogP contribution in [-0.4, -0.2) is 11.6 Å². The minimum atomic E-state index is -2.04.